The third-order valence-corrected chi connectivity index (χ3v) is 3.62. The zero-order chi connectivity index (χ0) is 14.6. The average Bonchev–Trinajstić information content (AvgIpc) is 2.78. The van der Waals surface area contributed by atoms with Gasteiger partial charge in [0.05, 0.1) is 12.2 Å². The molecule has 0 spiro atoms. The van der Waals surface area contributed by atoms with Crippen LogP contribution < -0.4 is 5.32 Å². The number of hydrogen-bond acceptors (Lipinski definition) is 3. The molecule has 5 heteroatoms. The third-order valence-electron chi connectivity index (χ3n) is 3.62. The first kappa shape index (κ1) is 14.9. The number of nitrogens with one attached hydrogen (secondary N) is 1. The molecule has 0 bridgehead atoms. The van der Waals surface area contributed by atoms with Crippen LogP contribution >= 0.6 is 0 Å². The summed E-state index contributed by atoms with van der Waals surface area (Å²) in [5.41, 5.74) is 0.537. The topological polar surface area (TPSA) is 42.7 Å². The third kappa shape index (κ3) is 2.98. The number of hydrogen-bond donors (Lipinski definition) is 1. The van der Waals surface area contributed by atoms with Gasteiger partial charge in [-0.3, -0.25) is 0 Å². The van der Waals surface area contributed by atoms with Crippen molar-refractivity contribution in [2.24, 2.45) is 0 Å². The van der Waals surface area contributed by atoms with Gasteiger partial charge in [0, 0.05) is 11.6 Å². The highest BCUT2D eigenvalue weighted by Gasteiger charge is 2.33. The lowest BCUT2D eigenvalue weighted by Gasteiger charge is -2.29. The van der Waals surface area contributed by atoms with E-state index in [2.05, 4.69) is 15.4 Å². The summed E-state index contributed by atoms with van der Waals surface area (Å²) in [6.45, 7) is 7.72. The summed E-state index contributed by atoms with van der Waals surface area (Å²) in [5.74, 6) is 0. The minimum absolute atomic E-state index is 0.302. The van der Waals surface area contributed by atoms with Crippen molar-refractivity contribution < 1.29 is 4.39 Å². The van der Waals surface area contributed by atoms with E-state index in [0.717, 1.165) is 29.8 Å². The fraction of sp³-hybridized carbons (Fsp3) is 0.600. The van der Waals surface area contributed by atoms with Gasteiger partial charge in [-0.2, -0.15) is 5.10 Å². The molecule has 4 nitrogen and oxygen atoms in total. The van der Waals surface area contributed by atoms with Gasteiger partial charge in [-0.1, -0.05) is 13.8 Å². The van der Waals surface area contributed by atoms with Crippen LogP contribution in [-0.2, 0) is 6.54 Å². The maximum Gasteiger partial charge on any atom is 0.158 e. The van der Waals surface area contributed by atoms with Gasteiger partial charge >= 0.3 is 0 Å². The summed E-state index contributed by atoms with van der Waals surface area (Å²) >= 11 is 0. The Morgan fingerprint density at radius 2 is 2.05 bits per heavy atom. The van der Waals surface area contributed by atoms with Gasteiger partial charge in [-0.05, 0) is 45.0 Å². The van der Waals surface area contributed by atoms with Crippen molar-refractivity contribution in [1.82, 2.24) is 20.1 Å². The van der Waals surface area contributed by atoms with E-state index < -0.39 is 5.67 Å². The molecule has 1 aliphatic rings. The van der Waals surface area contributed by atoms with E-state index in [0.29, 0.717) is 19.4 Å². The Kier molecular flexibility index (Phi) is 4.70. The largest absolute Gasteiger partial charge is 0.316 e. The zero-order valence-electron chi connectivity index (χ0n) is 12.5. The highest BCUT2D eigenvalue weighted by molar-refractivity contribution is 5.77. The first-order chi connectivity index (χ1) is 9.68. The molecule has 1 aliphatic heterocycles. The molecule has 2 aromatic heterocycles. The van der Waals surface area contributed by atoms with Gasteiger partial charge in [0.15, 0.2) is 5.65 Å². The lowest BCUT2D eigenvalue weighted by atomic mass is 9.94. The van der Waals surface area contributed by atoms with E-state index >= 15 is 0 Å². The van der Waals surface area contributed by atoms with Crippen LogP contribution in [0.15, 0.2) is 18.3 Å². The first-order valence-corrected chi connectivity index (χ1v) is 7.36. The molecule has 20 heavy (non-hydrogen) atoms. The van der Waals surface area contributed by atoms with Gasteiger partial charge in [0.2, 0.25) is 0 Å². The van der Waals surface area contributed by atoms with Crippen LogP contribution in [0.5, 0.6) is 0 Å². The second kappa shape index (κ2) is 6.31. The number of aryl methyl sites for hydroxylation is 1. The monoisotopic (exact) mass is 278 g/mol. The molecule has 1 N–H and O–H groups in total. The Bertz CT molecular complexity index is 558. The Labute approximate surface area is 119 Å². The van der Waals surface area contributed by atoms with Crippen LogP contribution in [0.4, 0.5) is 4.39 Å². The van der Waals surface area contributed by atoms with Crippen molar-refractivity contribution in [3.63, 3.8) is 0 Å². The second-order valence-corrected chi connectivity index (χ2v) is 5.02. The fourth-order valence-electron chi connectivity index (χ4n) is 2.58. The first-order valence-electron chi connectivity index (χ1n) is 7.36. The molecule has 2 aromatic rings. The Morgan fingerprint density at radius 3 is 2.75 bits per heavy atom. The van der Waals surface area contributed by atoms with Crippen molar-refractivity contribution in [3.8, 4) is 0 Å². The highest BCUT2D eigenvalue weighted by atomic mass is 19.1. The minimum atomic E-state index is -1.16. The molecule has 0 atom stereocenters. The summed E-state index contributed by atoms with van der Waals surface area (Å²) < 4.78 is 16.4. The standard InChI is InChI=1S/C13H17FN4.C2H6/c1-10-11-3-2-6-16-12(11)18(17-10)9-13(14)4-7-15-8-5-13;1-2/h2-3,6,15H,4-5,7-9H2,1H3;1-2H3. The lowest BCUT2D eigenvalue weighted by Crippen LogP contribution is -2.41. The number of piperidine rings is 1. The van der Waals surface area contributed by atoms with Crippen molar-refractivity contribution in [3.05, 3.63) is 24.0 Å². The van der Waals surface area contributed by atoms with Crippen LogP contribution in [0.3, 0.4) is 0 Å². The number of alkyl halides is 1. The average molecular weight is 278 g/mol. The number of nitrogens with zero attached hydrogens (tertiary/aromatic N) is 3. The van der Waals surface area contributed by atoms with Crippen LogP contribution in [-0.4, -0.2) is 33.5 Å². The van der Waals surface area contributed by atoms with Gasteiger partial charge in [0.1, 0.15) is 5.67 Å². The predicted octanol–water partition coefficient (Wildman–Crippen LogP) is 2.86. The molecule has 0 unspecified atom stereocenters. The minimum Gasteiger partial charge on any atom is -0.316 e. The quantitative estimate of drug-likeness (QED) is 0.918. The van der Waals surface area contributed by atoms with E-state index in [4.69, 9.17) is 0 Å². The lowest BCUT2D eigenvalue weighted by molar-refractivity contribution is 0.0907. The molecule has 110 valence electrons. The van der Waals surface area contributed by atoms with Crippen LogP contribution in [0.1, 0.15) is 32.4 Å². The molecule has 1 fully saturated rings. The van der Waals surface area contributed by atoms with Gasteiger partial charge in [0.25, 0.3) is 0 Å². The number of aromatic nitrogens is 3. The summed E-state index contributed by atoms with van der Waals surface area (Å²) in [6, 6.07) is 3.87. The number of pyridine rings is 1. The van der Waals surface area contributed by atoms with E-state index in [-0.39, 0.29) is 0 Å². The van der Waals surface area contributed by atoms with Gasteiger partial charge < -0.3 is 5.32 Å². The fourth-order valence-corrected chi connectivity index (χ4v) is 2.58. The number of rotatable bonds is 2. The molecule has 0 saturated carbocycles. The van der Waals surface area contributed by atoms with Gasteiger partial charge in [-0.25, -0.2) is 14.1 Å². The molecule has 1 saturated heterocycles. The van der Waals surface area contributed by atoms with Crippen LogP contribution in [0, 0.1) is 6.92 Å². The van der Waals surface area contributed by atoms with E-state index in [1.807, 2.05) is 32.9 Å². The summed E-state index contributed by atoms with van der Waals surface area (Å²) in [6.07, 6.45) is 2.81. The van der Waals surface area contributed by atoms with Crippen molar-refractivity contribution >= 4 is 11.0 Å². The Hall–Kier alpha value is -1.49. The maximum atomic E-state index is 14.7. The normalized spacial score (nSPS) is 17.6. The molecular formula is C15H23FN4. The van der Waals surface area contributed by atoms with Crippen LogP contribution in [0.2, 0.25) is 0 Å². The molecule has 3 heterocycles. The number of halogens is 1. The Morgan fingerprint density at radius 1 is 1.35 bits per heavy atom. The smallest absolute Gasteiger partial charge is 0.158 e. The molecule has 0 amide bonds. The van der Waals surface area contributed by atoms with E-state index in [1.54, 1.807) is 10.9 Å². The SMILES string of the molecule is CC.Cc1nn(CC2(F)CCNCC2)c2ncccc12. The maximum absolute atomic E-state index is 14.7. The zero-order valence-corrected chi connectivity index (χ0v) is 12.5. The molecule has 0 radical (unpaired) electrons. The molecular weight excluding hydrogens is 255 g/mol. The Balaban J connectivity index is 0.000000704. The van der Waals surface area contributed by atoms with E-state index in [1.165, 1.54) is 0 Å². The second-order valence-electron chi connectivity index (χ2n) is 5.02. The van der Waals surface area contributed by atoms with Crippen LogP contribution in [0.25, 0.3) is 11.0 Å². The summed E-state index contributed by atoms with van der Waals surface area (Å²) in [4.78, 5) is 4.32. The summed E-state index contributed by atoms with van der Waals surface area (Å²) in [5, 5.41) is 8.61. The molecule has 3 rings (SSSR count). The molecule has 0 aromatic carbocycles. The number of fused-ring (bicyclic) bond motifs is 1. The molecule has 0 aliphatic carbocycles. The van der Waals surface area contributed by atoms with Crippen molar-refractivity contribution in [2.75, 3.05) is 13.1 Å². The predicted molar refractivity (Wildman–Crippen MR) is 79.6 cm³/mol. The highest BCUT2D eigenvalue weighted by Crippen LogP contribution is 2.27. The van der Waals surface area contributed by atoms with Crippen molar-refractivity contribution in [2.45, 2.75) is 45.8 Å². The van der Waals surface area contributed by atoms with E-state index in [9.17, 15) is 4.39 Å². The summed E-state index contributed by atoms with van der Waals surface area (Å²) in [7, 11) is 0. The van der Waals surface area contributed by atoms with Crippen molar-refractivity contribution in [1.29, 1.82) is 0 Å². The van der Waals surface area contributed by atoms with Gasteiger partial charge in [-0.15, -0.1) is 0 Å².